The molecule has 1 aliphatic heterocycles. The summed E-state index contributed by atoms with van der Waals surface area (Å²) in [6.07, 6.45) is 11.8. The Morgan fingerprint density at radius 1 is 1.38 bits per heavy atom. The predicted octanol–water partition coefficient (Wildman–Crippen LogP) is 3.95. The van der Waals surface area contributed by atoms with E-state index >= 15 is 0 Å². The maximum Gasteiger partial charge on any atom is 0.269 e. The zero-order valence-electron chi connectivity index (χ0n) is 14.8. The number of benzene rings is 1. The lowest BCUT2D eigenvalue weighted by atomic mass is 10.0. The van der Waals surface area contributed by atoms with E-state index in [-0.39, 0.29) is 11.9 Å². The van der Waals surface area contributed by atoms with Crippen molar-refractivity contribution in [1.29, 1.82) is 0 Å². The molecule has 1 atom stereocenters. The number of hydrogen-bond donors (Lipinski definition) is 1. The lowest BCUT2D eigenvalue weighted by Gasteiger charge is -2.07. The van der Waals surface area contributed by atoms with Gasteiger partial charge in [-0.3, -0.25) is 9.79 Å². The molecule has 0 radical (unpaired) electrons. The highest BCUT2D eigenvalue weighted by molar-refractivity contribution is 6.44. The van der Waals surface area contributed by atoms with Gasteiger partial charge in [0.05, 0.1) is 6.04 Å². The summed E-state index contributed by atoms with van der Waals surface area (Å²) < 4.78 is 0. The molecule has 0 aliphatic carbocycles. The summed E-state index contributed by atoms with van der Waals surface area (Å²) in [5.74, 6) is -0.109. The largest absolute Gasteiger partial charge is 0.347 e. The number of aliphatic imine (C=N–C) groups is 1. The predicted molar refractivity (Wildman–Crippen MR) is 101 cm³/mol. The average Bonchev–Trinajstić information content (AvgIpc) is 3.03. The van der Waals surface area contributed by atoms with E-state index in [0.29, 0.717) is 12.3 Å². The molecule has 3 nitrogen and oxygen atoms in total. The minimum absolute atomic E-state index is 0.0497. The Kier molecular flexibility index (Phi) is 6.74. The first kappa shape index (κ1) is 17.9. The minimum atomic E-state index is -0.109. The van der Waals surface area contributed by atoms with Gasteiger partial charge in [0.25, 0.3) is 5.91 Å². The molecule has 24 heavy (non-hydrogen) atoms. The van der Waals surface area contributed by atoms with Crippen LogP contribution in [0.15, 0.2) is 65.2 Å². The third-order valence-corrected chi connectivity index (χ3v) is 3.93. The number of allylic oxidation sites excluding steroid dienone is 2. The van der Waals surface area contributed by atoms with Crippen LogP contribution in [0.1, 0.15) is 31.4 Å². The highest BCUT2D eigenvalue weighted by atomic mass is 16.1. The van der Waals surface area contributed by atoms with Gasteiger partial charge in [-0.1, -0.05) is 61.1 Å². The number of aryl methyl sites for hydroxylation is 1. The van der Waals surface area contributed by atoms with E-state index < -0.39 is 0 Å². The van der Waals surface area contributed by atoms with Gasteiger partial charge in [0.15, 0.2) is 0 Å². The molecule has 0 saturated heterocycles. The second-order valence-corrected chi connectivity index (χ2v) is 5.99. The van der Waals surface area contributed by atoms with Gasteiger partial charge in [-0.15, -0.1) is 0 Å². The summed E-state index contributed by atoms with van der Waals surface area (Å²) in [6.45, 7) is 6.68. The average molecular weight is 322 g/mol. The van der Waals surface area contributed by atoms with Crippen molar-refractivity contribution in [2.75, 3.05) is 6.54 Å². The molecule has 126 valence electrons. The third kappa shape index (κ3) is 5.34. The van der Waals surface area contributed by atoms with Gasteiger partial charge in [0, 0.05) is 6.54 Å². The molecule has 1 aliphatic rings. The van der Waals surface area contributed by atoms with Crippen molar-refractivity contribution in [3.8, 4) is 0 Å². The van der Waals surface area contributed by atoms with Crippen molar-refractivity contribution in [2.24, 2.45) is 4.99 Å². The molecular formula is C21H26N2O. The molecule has 0 saturated carbocycles. The van der Waals surface area contributed by atoms with Crippen molar-refractivity contribution in [1.82, 2.24) is 5.32 Å². The Morgan fingerprint density at radius 2 is 2.21 bits per heavy atom. The Balaban J connectivity index is 1.90. The van der Waals surface area contributed by atoms with Crippen LogP contribution >= 0.6 is 0 Å². The van der Waals surface area contributed by atoms with Crippen molar-refractivity contribution < 1.29 is 4.79 Å². The molecular weight excluding hydrogens is 296 g/mol. The molecule has 2 rings (SSSR count). The van der Waals surface area contributed by atoms with Crippen LogP contribution < -0.4 is 5.32 Å². The van der Waals surface area contributed by atoms with E-state index in [9.17, 15) is 4.79 Å². The monoisotopic (exact) mass is 322 g/mol. The smallest absolute Gasteiger partial charge is 0.269 e. The van der Waals surface area contributed by atoms with Crippen LogP contribution in [0, 0.1) is 6.92 Å². The van der Waals surface area contributed by atoms with E-state index in [1.54, 1.807) is 0 Å². The van der Waals surface area contributed by atoms with Gasteiger partial charge in [0.1, 0.15) is 5.71 Å². The first-order valence-corrected chi connectivity index (χ1v) is 8.53. The normalized spacial score (nSPS) is 17.4. The summed E-state index contributed by atoms with van der Waals surface area (Å²) in [5, 5.41) is 2.94. The number of carbonyl (C=O) groups excluding carboxylic acids is 1. The lowest BCUT2D eigenvalue weighted by Crippen LogP contribution is -2.31. The van der Waals surface area contributed by atoms with Gasteiger partial charge in [0.2, 0.25) is 0 Å². The molecule has 1 N–H and O–H groups in total. The Morgan fingerprint density at radius 3 is 2.92 bits per heavy atom. The second-order valence-electron chi connectivity index (χ2n) is 5.99. The van der Waals surface area contributed by atoms with E-state index in [1.807, 2.05) is 31.2 Å². The zero-order chi connectivity index (χ0) is 17.4. The van der Waals surface area contributed by atoms with Gasteiger partial charge >= 0.3 is 0 Å². The summed E-state index contributed by atoms with van der Waals surface area (Å²) in [4.78, 5) is 16.8. The van der Waals surface area contributed by atoms with Crippen molar-refractivity contribution in [3.05, 3.63) is 71.3 Å². The molecule has 3 heteroatoms. The van der Waals surface area contributed by atoms with Crippen LogP contribution in [0.3, 0.4) is 0 Å². The number of amides is 1. The summed E-state index contributed by atoms with van der Waals surface area (Å²) in [6, 6.07) is 8.46. The van der Waals surface area contributed by atoms with Crippen LogP contribution in [-0.2, 0) is 11.2 Å². The maximum atomic E-state index is 12.2. The quantitative estimate of drug-likeness (QED) is 0.759. The molecule has 0 bridgehead atoms. The van der Waals surface area contributed by atoms with E-state index in [0.717, 1.165) is 18.4 Å². The van der Waals surface area contributed by atoms with Crippen molar-refractivity contribution >= 4 is 11.6 Å². The third-order valence-electron chi connectivity index (χ3n) is 3.93. The van der Waals surface area contributed by atoms with Crippen LogP contribution in [0.4, 0.5) is 0 Å². The molecule has 0 aromatic heterocycles. The standard InChI is InChI=1S/C21H26N2O/c1-4-6-9-17(5-2)15-22-21(24)20-12-11-19(23-20)14-18-10-7-8-16(3)13-18/h5-13,19H,4,14-15H2,1-3H3,(H,22,24)/b9-6-,17-5+. The topological polar surface area (TPSA) is 41.5 Å². The SMILES string of the molecule is C/C=C(\C=C/CC)CNC(=O)C1=NC(Cc2cccc(C)c2)C=C1. The first-order valence-electron chi connectivity index (χ1n) is 8.53. The Hall–Kier alpha value is -2.42. The van der Waals surface area contributed by atoms with Crippen molar-refractivity contribution in [2.45, 2.75) is 39.7 Å². The van der Waals surface area contributed by atoms with E-state index in [1.165, 1.54) is 11.1 Å². The van der Waals surface area contributed by atoms with Crippen molar-refractivity contribution in [3.63, 3.8) is 0 Å². The lowest BCUT2D eigenvalue weighted by molar-refractivity contribution is -0.114. The second kappa shape index (κ2) is 9.02. The van der Waals surface area contributed by atoms with E-state index in [2.05, 4.69) is 54.5 Å². The van der Waals surface area contributed by atoms with Gasteiger partial charge in [-0.05, 0) is 43.9 Å². The zero-order valence-corrected chi connectivity index (χ0v) is 14.8. The van der Waals surface area contributed by atoms with Crippen LogP contribution in [0.5, 0.6) is 0 Å². The maximum absolute atomic E-state index is 12.2. The number of rotatable bonds is 7. The molecule has 1 aromatic carbocycles. The van der Waals surface area contributed by atoms with Crippen LogP contribution in [0.2, 0.25) is 0 Å². The fraction of sp³-hybridized carbons (Fsp3) is 0.333. The number of carbonyl (C=O) groups is 1. The molecule has 1 heterocycles. The Bertz CT molecular complexity index is 696. The Labute approximate surface area is 144 Å². The van der Waals surface area contributed by atoms with Crippen LogP contribution in [0.25, 0.3) is 0 Å². The molecule has 1 unspecified atom stereocenters. The van der Waals surface area contributed by atoms with E-state index in [4.69, 9.17) is 0 Å². The first-order chi connectivity index (χ1) is 11.6. The highest BCUT2D eigenvalue weighted by Gasteiger charge is 2.17. The number of nitrogens with zero attached hydrogens (tertiary/aromatic N) is 1. The molecule has 1 aromatic rings. The number of hydrogen-bond acceptors (Lipinski definition) is 2. The molecule has 0 fully saturated rings. The summed E-state index contributed by atoms with van der Waals surface area (Å²) in [5.41, 5.74) is 4.11. The van der Waals surface area contributed by atoms with Gasteiger partial charge < -0.3 is 5.32 Å². The van der Waals surface area contributed by atoms with Gasteiger partial charge in [-0.25, -0.2) is 0 Å². The van der Waals surface area contributed by atoms with Crippen LogP contribution in [-0.4, -0.2) is 24.2 Å². The summed E-state index contributed by atoms with van der Waals surface area (Å²) in [7, 11) is 0. The highest BCUT2D eigenvalue weighted by Crippen LogP contribution is 2.13. The fourth-order valence-corrected chi connectivity index (χ4v) is 2.59. The summed E-state index contributed by atoms with van der Waals surface area (Å²) >= 11 is 0. The van der Waals surface area contributed by atoms with Gasteiger partial charge in [-0.2, -0.15) is 0 Å². The molecule has 1 amide bonds. The fourth-order valence-electron chi connectivity index (χ4n) is 2.59. The molecule has 0 spiro atoms. The minimum Gasteiger partial charge on any atom is -0.347 e. The number of nitrogens with one attached hydrogen (secondary N) is 1.